The highest BCUT2D eigenvalue weighted by molar-refractivity contribution is 9.10. The summed E-state index contributed by atoms with van der Waals surface area (Å²) in [4.78, 5) is 0.112. The van der Waals surface area contributed by atoms with Gasteiger partial charge in [0.05, 0.1) is 5.69 Å². The Morgan fingerprint density at radius 3 is 2.47 bits per heavy atom. The van der Waals surface area contributed by atoms with Crippen LogP contribution in [0.25, 0.3) is 0 Å². The van der Waals surface area contributed by atoms with Gasteiger partial charge >= 0.3 is 0 Å². The van der Waals surface area contributed by atoms with Crippen LogP contribution >= 0.6 is 15.9 Å². The Hall–Kier alpha value is -0.590. The Labute approximate surface area is 124 Å². The molecule has 6 heteroatoms. The normalized spacial score (nSPS) is 12.9. The Kier molecular flexibility index (Phi) is 5.03. The van der Waals surface area contributed by atoms with Gasteiger partial charge in [0.2, 0.25) is 10.0 Å². The van der Waals surface area contributed by atoms with E-state index in [1.54, 1.807) is 12.1 Å². The van der Waals surface area contributed by atoms with E-state index in [0.29, 0.717) is 16.9 Å². The van der Waals surface area contributed by atoms with Crippen LogP contribution in [0.4, 0.5) is 5.69 Å². The zero-order valence-corrected chi connectivity index (χ0v) is 14.1. The topological polar surface area (TPSA) is 72.2 Å². The maximum atomic E-state index is 12.3. The van der Waals surface area contributed by atoms with Gasteiger partial charge in [0.1, 0.15) is 4.90 Å². The summed E-state index contributed by atoms with van der Waals surface area (Å²) in [5.74, 6) is 0.370. The molecule has 0 aliphatic rings. The average molecular weight is 349 g/mol. The second kappa shape index (κ2) is 5.81. The number of halogens is 1. The fourth-order valence-electron chi connectivity index (χ4n) is 1.30. The maximum absolute atomic E-state index is 12.3. The van der Waals surface area contributed by atoms with E-state index < -0.39 is 10.0 Å². The summed E-state index contributed by atoms with van der Waals surface area (Å²) in [5.41, 5.74) is 5.87. The molecular formula is C13H21BrN2O2S. The van der Waals surface area contributed by atoms with Gasteiger partial charge in [0.15, 0.2) is 0 Å². The van der Waals surface area contributed by atoms with Gasteiger partial charge in [-0.05, 0) is 29.5 Å². The van der Waals surface area contributed by atoms with E-state index in [1.807, 2.05) is 13.8 Å². The fraction of sp³-hybridized carbons (Fsp3) is 0.538. The average Bonchev–Trinajstić information content (AvgIpc) is 2.30. The van der Waals surface area contributed by atoms with Crippen molar-refractivity contribution in [2.45, 2.75) is 32.6 Å². The Morgan fingerprint density at radius 1 is 1.37 bits per heavy atom. The van der Waals surface area contributed by atoms with Gasteiger partial charge < -0.3 is 5.73 Å². The van der Waals surface area contributed by atoms with Crippen LogP contribution in [0.2, 0.25) is 0 Å². The standard InChI is InChI=1S/C13H21BrN2O2S/c1-9(2)13(3,4)8-16-19(17,18)12-7-10(14)5-6-11(12)15/h5-7,9,16H,8,15H2,1-4H3. The zero-order valence-electron chi connectivity index (χ0n) is 11.7. The van der Waals surface area contributed by atoms with Crippen LogP contribution in [0.5, 0.6) is 0 Å². The summed E-state index contributed by atoms with van der Waals surface area (Å²) in [6, 6.07) is 4.80. The number of hydrogen-bond donors (Lipinski definition) is 2. The fourth-order valence-corrected chi connectivity index (χ4v) is 3.19. The number of rotatable bonds is 5. The quantitative estimate of drug-likeness (QED) is 0.803. The molecule has 0 aliphatic carbocycles. The van der Waals surface area contributed by atoms with Gasteiger partial charge in [-0.25, -0.2) is 13.1 Å². The van der Waals surface area contributed by atoms with E-state index in [-0.39, 0.29) is 16.0 Å². The van der Waals surface area contributed by atoms with Crippen LogP contribution in [0.1, 0.15) is 27.7 Å². The largest absolute Gasteiger partial charge is 0.398 e. The number of sulfonamides is 1. The van der Waals surface area contributed by atoms with Crippen LogP contribution in [0, 0.1) is 11.3 Å². The van der Waals surface area contributed by atoms with Crippen LogP contribution in [-0.2, 0) is 10.0 Å². The third-order valence-corrected chi connectivity index (χ3v) is 5.50. The molecule has 0 saturated heterocycles. The first-order valence-electron chi connectivity index (χ1n) is 6.11. The number of nitrogen functional groups attached to an aromatic ring is 1. The Balaban J connectivity index is 2.97. The molecule has 0 heterocycles. The van der Waals surface area contributed by atoms with E-state index in [0.717, 1.165) is 0 Å². The highest BCUT2D eigenvalue weighted by Crippen LogP contribution is 2.27. The summed E-state index contributed by atoms with van der Waals surface area (Å²) in [7, 11) is -3.59. The van der Waals surface area contributed by atoms with Crippen molar-refractivity contribution in [1.29, 1.82) is 0 Å². The van der Waals surface area contributed by atoms with Crippen molar-refractivity contribution in [3.63, 3.8) is 0 Å². The van der Waals surface area contributed by atoms with Crippen LogP contribution in [0.3, 0.4) is 0 Å². The molecule has 19 heavy (non-hydrogen) atoms. The molecule has 0 fully saturated rings. The first-order valence-corrected chi connectivity index (χ1v) is 8.38. The highest BCUT2D eigenvalue weighted by atomic mass is 79.9. The molecule has 0 amide bonds. The third-order valence-electron chi connectivity index (χ3n) is 3.55. The summed E-state index contributed by atoms with van der Waals surface area (Å²) >= 11 is 3.25. The molecule has 4 nitrogen and oxygen atoms in total. The SMILES string of the molecule is CC(C)C(C)(C)CNS(=O)(=O)c1cc(Br)ccc1N. The van der Waals surface area contributed by atoms with Crippen LogP contribution in [-0.4, -0.2) is 15.0 Å². The molecule has 1 aromatic carbocycles. The third kappa shape index (κ3) is 4.19. The van der Waals surface area contributed by atoms with Gasteiger partial charge in [0.25, 0.3) is 0 Å². The maximum Gasteiger partial charge on any atom is 0.242 e. The van der Waals surface area contributed by atoms with Gasteiger partial charge in [-0.3, -0.25) is 0 Å². The number of nitrogens with one attached hydrogen (secondary N) is 1. The molecule has 1 rings (SSSR count). The van der Waals surface area contributed by atoms with Crippen molar-refractivity contribution < 1.29 is 8.42 Å². The molecular weight excluding hydrogens is 328 g/mol. The van der Waals surface area contributed by atoms with E-state index >= 15 is 0 Å². The lowest BCUT2D eigenvalue weighted by atomic mass is 9.81. The molecule has 0 aliphatic heterocycles. The lowest BCUT2D eigenvalue weighted by molar-refractivity contribution is 0.252. The van der Waals surface area contributed by atoms with Crippen molar-refractivity contribution in [2.75, 3.05) is 12.3 Å². The summed E-state index contributed by atoms with van der Waals surface area (Å²) in [5, 5.41) is 0. The summed E-state index contributed by atoms with van der Waals surface area (Å²) in [6.07, 6.45) is 0. The minimum absolute atomic E-state index is 0.112. The number of benzene rings is 1. The molecule has 0 spiro atoms. The molecule has 0 saturated carbocycles. The van der Waals surface area contributed by atoms with E-state index in [2.05, 4.69) is 34.5 Å². The van der Waals surface area contributed by atoms with Gasteiger partial charge in [-0.1, -0.05) is 43.6 Å². The summed E-state index contributed by atoms with van der Waals surface area (Å²) in [6.45, 7) is 8.58. The number of hydrogen-bond acceptors (Lipinski definition) is 3. The van der Waals surface area contributed by atoms with Gasteiger partial charge in [0, 0.05) is 11.0 Å². The highest BCUT2D eigenvalue weighted by Gasteiger charge is 2.26. The smallest absolute Gasteiger partial charge is 0.242 e. The predicted octanol–water partition coefficient (Wildman–Crippen LogP) is 2.99. The number of nitrogens with two attached hydrogens (primary N) is 1. The molecule has 0 radical (unpaired) electrons. The second-order valence-electron chi connectivity index (χ2n) is 5.65. The second-order valence-corrected chi connectivity index (χ2v) is 8.30. The molecule has 0 unspecified atom stereocenters. The van der Waals surface area contributed by atoms with Crippen molar-refractivity contribution in [3.05, 3.63) is 22.7 Å². The summed E-state index contributed by atoms with van der Waals surface area (Å²) < 4.78 is 27.8. The molecule has 0 bridgehead atoms. The monoisotopic (exact) mass is 348 g/mol. The Morgan fingerprint density at radius 2 is 1.95 bits per heavy atom. The van der Waals surface area contributed by atoms with E-state index in [9.17, 15) is 8.42 Å². The first kappa shape index (κ1) is 16.5. The molecule has 0 atom stereocenters. The van der Waals surface area contributed by atoms with Gasteiger partial charge in [-0.2, -0.15) is 0 Å². The van der Waals surface area contributed by atoms with Crippen molar-refractivity contribution in [3.8, 4) is 0 Å². The van der Waals surface area contributed by atoms with E-state index in [1.165, 1.54) is 6.07 Å². The lowest BCUT2D eigenvalue weighted by Crippen LogP contribution is -2.37. The van der Waals surface area contributed by atoms with Crippen molar-refractivity contribution in [2.24, 2.45) is 11.3 Å². The Bertz CT molecular complexity index is 554. The van der Waals surface area contributed by atoms with Crippen molar-refractivity contribution >= 4 is 31.6 Å². The molecule has 108 valence electrons. The van der Waals surface area contributed by atoms with E-state index in [4.69, 9.17) is 5.73 Å². The predicted molar refractivity (Wildman–Crippen MR) is 82.4 cm³/mol. The number of anilines is 1. The van der Waals surface area contributed by atoms with Crippen molar-refractivity contribution in [1.82, 2.24) is 4.72 Å². The minimum Gasteiger partial charge on any atom is -0.398 e. The lowest BCUT2D eigenvalue weighted by Gasteiger charge is -2.29. The molecule has 0 aromatic heterocycles. The van der Waals surface area contributed by atoms with Crippen LogP contribution < -0.4 is 10.5 Å². The molecule has 3 N–H and O–H groups in total. The van der Waals surface area contributed by atoms with Crippen LogP contribution in [0.15, 0.2) is 27.6 Å². The van der Waals surface area contributed by atoms with Gasteiger partial charge in [-0.15, -0.1) is 0 Å². The zero-order chi connectivity index (χ0) is 14.8. The first-order chi connectivity index (χ1) is 8.56. The molecule has 1 aromatic rings. The minimum atomic E-state index is -3.59.